The number of rotatable bonds is 6. The van der Waals surface area contributed by atoms with Crippen molar-refractivity contribution in [2.24, 2.45) is 0 Å². The molecule has 0 amide bonds. The van der Waals surface area contributed by atoms with Crippen LogP contribution in [0.5, 0.6) is 0 Å². The summed E-state index contributed by atoms with van der Waals surface area (Å²) in [6, 6.07) is 0. The lowest BCUT2D eigenvalue weighted by Crippen LogP contribution is -2.58. The van der Waals surface area contributed by atoms with E-state index >= 15 is 0 Å². The predicted octanol–water partition coefficient (Wildman–Crippen LogP) is 1.08. The number of carboxylic acids is 2. The van der Waals surface area contributed by atoms with Crippen molar-refractivity contribution in [2.45, 2.75) is 51.6 Å². The third-order valence-corrected chi connectivity index (χ3v) is 2.47. The molecular formula is C10H19NO4. The Labute approximate surface area is 89.5 Å². The summed E-state index contributed by atoms with van der Waals surface area (Å²) in [6.45, 7) is 6.58. The van der Waals surface area contributed by atoms with Crippen LogP contribution < -0.4 is 5.32 Å². The van der Waals surface area contributed by atoms with E-state index in [0.717, 1.165) is 0 Å². The largest absolute Gasteiger partial charge is 0.481 e. The maximum Gasteiger partial charge on any atom is 0.323 e. The minimum atomic E-state index is -1.12. The van der Waals surface area contributed by atoms with Crippen molar-refractivity contribution in [1.82, 2.24) is 5.32 Å². The molecule has 0 aromatic carbocycles. The quantitative estimate of drug-likeness (QED) is 0.619. The van der Waals surface area contributed by atoms with Crippen LogP contribution in [-0.4, -0.2) is 33.2 Å². The first-order valence-corrected chi connectivity index (χ1v) is 4.87. The molecule has 0 saturated heterocycles. The molecule has 5 heteroatoms. The molecule has 3 N–H and O–H groups in total. The molecule has 0 spiro atoms. The van der Waals surface area contributed by atoms with E-state index in [1.54, 1.807) is 6.92 Å². The normalized spacial score (nSPS) is 15.7. The zero-order valence-corrected chi connectivity index (χ0v) is 9.63. The molecule has 1 atom stereocenters. The number of aliphatic carboxylic acids is 2. The number of nitrogens with one attached hydrogen (secondary N) is 1. The van der Waals surface area contributed by atoms with Gasteiger partial charge in [0.1, 0.15) is 5.54 Å². The average molecular weight is 217 g/mol. The average Bonchev–Trinajstić information content (AvgIpc) is 2.01. The first-order valence-electron chi connectivity index (χ1n) is 4.87. The number of carboxylic acid groups (broad SMARTS) is 2. The van der Waals surface area contributed by atoms with E-state index in [1.165, 1.54) is 13.8 Å². The van der Waals surface area contributed by atoms with Gasteiger partial charge in [-0.05, 0) is 27.2 Å². The summed E-state index contributed by atoms with van der Waals surface area (Å²) >= 11 is 0. The summed E-state index contributed by atoms with van der Waals surface area (Å²) in [6.07, 6.45) is 0.455. The standard InChI is InChI=1S/C10H19NO4/c1-5-10(4,6-7(12)13)11-9(2,3)8(14)15/h11H,5-6H2,1-4H3,(H,12,13)(H,14,15). The van der Waals surface area contributed by atoms with Crippen LogP contribution in [0.2, 0.25) is 0 Å². The minimum Gasteiger partial charge on any atom is -0.481 e. The maximum absolute atomic E-state index is 10.9. The Morgan fingerprint density at radius 3 is 1.93 bits per heavy atom. The molecule has 0 bridgehead atoms. The highest BCUT2D eigenvalue weighted by Gasteiger charge is 2.36. The van der Waals surface area contributed by atoms with Crippen LogP contribution in [-0.2, 0) is 9.59 Å². The Hall–Kier alpha value is -1.10. The van der Waals surface area contributed by atoms with Gasteiger partial charge in [-0.2, -0.15) is 0 Å². The van der Waals surface area contributed by atoms with E-state index < -0.39 is 23.0 Å². The predicted molar refractivity (Wildman–Crippen MR) is 55.8 cm³/mol. The molecule has 5 nitrogen and oxygen atoms in total. The van der Waals surface area contributed by atoms with Gasteiger partial charge in [-0.1, -0.05) is 6.92 Å². The summed E-state index contributed by atoms with van der Waals surface area (Å²) in [5, 5.41) is 20.5. The van der Waals surface area contributed by atoms with Crippen molar-refractivity contribution in [3.8, 4) is 0 Å². The smallest absolute Gasteiger partial charge is 0.323 e. The summed E-state index contributed by atoms with van der Waals surface area (Å²) in [7, 11) is 0. The Bertz CT molecular complexity index is 262. The zero-order valence-electron chi connectivity index (χ0n) is 9.63. The van der Waals surface area contributed by atoms with Crippen LogP contribution in [0, 0.1) is 0 Å². The highest BCUT2D eigenvalue weighted by molar-refractivity contribution is 5.78. The fourth-order valence-corrected chi connectivity index (χ4v) is 1.40. The van der Waals surface area contributed by atoms with Crippen LogP contribution in [0.15, 0.2) is 0 Å². The van der Waals surface area contributed by atoms with E-state index in [1.807, 2.05) is 6.92 Å². The van der Waals surface area contributed by atoms with Crippen molar-refractivity contribution < 1.29 is 19.8 Å². The SMILES string of the molecule is CCC(C)(CC(=O)O)NC(C)(C)C(=O)O. The number of hydrogen-bond acceptors (Lipinski definition) is 3. The zero-order chi connectivity index (χ0) is 12.3. The lowest BCUT2D eigenvalue weighted by Gasteiger charge is -2.35. The molecule has 0 aromatic rings. The first-order chi connectivity index (χ1) is 6.63. The molecule has 0 heterocycles. The van der Waals surface area contributed by atoms with Gasteiger partial charge in [-0.3, -0.25) is 14.9 Å². The lowest BCUT2D eigenvalue weighted by molar-refractivity contribution is -0.146. The molecule has 0 aromatic heterocycles. The number of hydrogen-bond donors (Lipinski definition) is 3. The second kappa shape index (κ2) is 4.61. The Balaban J connectivity index is 4.70. The van der Waals surface area contributed by atoms with Crippen LogP contribution in [0.25, 0.3) is 0 Å². The molecule has 0 radical (unpaired) electrons. The molecule has 15 heavy (non-hydrogen) atoms. The van der Waals surface area contributed by atoms with Crippen molar-refractivity contribution in [3.05, 3.63) is 0 Å². The van der Waals surface area contributed by atoms with E-state index in [0.29, 0.717) is 6.42 Å². The van der Waals surface area contributed by atoms with Gasteiger partial charge in [0.15, 0.2) is 0 Å². The van der Waals surface area contributed by atoms with Crippen molar-refractivity contribution >= 4 is 11.9 Å². The van der Waals surface area contributed by atoms with Gasteiger partial charge in [0.05, 0.1) is 6.42 Å². The van der Waals surface area contributed by atoms with Gasteiger partial charge < -0.3 is 10.2 Å². The van der Waals surface area contributed by atoms with E-state index in [-0.39, 0.29) is 6.42 Å². The van der Waals surface area contributed by atoms with Crippen molar-refractivity contribution in [3.63, 3.8) is 0 Å². The molecule has 0 fully saturated rings. The molecular weight excluding hydrogens is 198 g/mol. The summed E-state index contributed by atoms with van der Waals surface area (Å²) < 4.78 is 0. The van der Waals surface area contributed by atoms with Gasteiger partial charge in [0.2, 0.25) is 0 Å². The third-order valence-electron chi connectivity index (χ3n) is 2.47. The Morgan fingerprint density at radius 2 is 1.67 bits per heavy atom. The van der Waals surface area contributed by atoms with E-state index in [2.05, 4.69) is 5.32 Å². The fourth-order valence-electron chi connectivity index (χ4n) is 1.40. The van der Waals surface area contributed by atoms with Crippen LogP contribution in [0.4, 0.5) is 0 Å². The summed E-state index contributed by atoms with van der Waals surface area (Å²) in [5.74, 6) is -1.93. The van der Waals surface area contributed by atoms with E-state index in [4.69, 9.17) is 10.2 Å². The van der Waals surface area contributed by atoms with Gasteiger partial charge >= 0.3 is 11.9 Å². The molecule has 0 aliphatic heterocycles. The van der Waals surface area contributed by atoms with Gasteiger partial charge in [0, 0.05) is 5.54 Å². The third kappa shape index (κ3) is 4.29. The van der Waals surface area contributed by atoms with Crippen LogP contribution in [0.3, 0.4) is 0 Å². The number of carbonyl (C=O) groups is 2. The Morgan fingerprint density at radius 1 is 1.20 bits per heavy atom. The molecule has 0 aliphatic rings. The monoisotopic (exact) mass is 217 g/mol. The topological polar surface area (TPSA) is 86.6 Å². The second-order valence-corrected chi connectivity index (χ2v) is 4.54. The van der Waals surface area contributed by atoms with Gasteiger partial charge in [-0.15, -0.1) is 0 Å². The fraction of sp³-hybridized carbons (Fsp3) is 0.800. The lowest BCUT2D eigenvalue weighted by atomic mass is 9.90. The maximum atomic E-state index is 10.9. The van der Waals surface area contributed by atoms with E-state index in [9.17, 15) is 9.59 Å². The minimum absolute atomic E-state index is 0.0970. The second-order valence-electron chi connectivity index (χ2n) is 4.54. The van der Waals surface area contributed by atoms with Gasteiger partial charge in [0.25, 0.3) is 0 Å². The first kappa shape index (κ1) is 13.9. The molecule has 0 saturated carbocycles. The highest BCUT2D eigenvalue weighted by atomic mass is 16.4. The van der Waals surface area contributed by atoms with Gasteiger partial charge in [-0.25, -0.2) is 0 Å². The van der Waals surface area contributed by atoms with Crippen LogP contribution >= 0.6 is 0 Å². The van der Waals surface area contributed by atoms with Crippen molar-refractivity contribution in [2.75, 3.05) is 0 Å². The molecule has 0 aliphatic carbocycles. The highest BCUT2D eigenvalue weighted by Crippen LogP contribution is 2.19. The van der Waals surface area contributed by atoms with Crippen molar-refractivity contribution in [1.29, 1.82) is 0 Å². The summed E-state index contributed by atoms with van der Waals surface area (Å²) in [5.41, 5.74) is -1.83. The molecule has 0 rings (SSSR count). The summed E-state index contributed by atoms with van der Waals surface area (Å²) in [4.78, 5) is 21.5. The molecule has 88 valence electrons. The van der Waals surface area contributed by atoms with Crippen LogP contribution in [0.1, 0.15) is 40.5 Å². The Kier molecular flexibility index (Phi) is 4.27. The molecule has 1 unspecified atom stereocenters.